The van der Waals surface area contributed by atoms with E-state index >= 15 is 0 Å². The Bertz CT molecular complexity index is 480. The highest BCUT2D eigenvalue weighted by molar-refractivity contribution is 5.82. The molecule has 0 bridgehead atoms. The SMILES string of the molecule is CC1CC(C)CN(C(=O)C2CC(c3ccccc3)NN2)C1. The van der Waals surface area contributed by atoms with Crippen LogP contribution >= 0.6 is 0 Å². The molecule has 4 unspecified atom stereocenters. The molecule has 4 nitrogen and oxygen atoms in total. The summed E-state index contributed by atoms with van der Waals surface area (Å²) in [5.41, 5.74) is 7.70. The second-order valence-corrected chi connectivity index (χ2v) is 6.73. The third kappa shape index (κ3) is 3.27. The van der Waals surface area contributed by atoms with E-state index in [0.717, 1.165) is 19.5 Å². The predicted octanol–water partition coefficient (Wildman–Crippen LogP) is 2.10. The normalized spacial score (nSPS) is 33.1. The van der Waals surface area contributed by atoms with Gasteiger partial charge in [0.2, 0.25) is 5.91 Å². The van der Waals surface area contributed by atoms with Gasteiger partial charge < -0.3 is 4.90 Å². The summed E-state index contributed by atoms with van der Waals surface area (Å²) < 4.78 is 0. The number of nitrogens with zero attached hydrogens (tertiary/aromatic N) is 1. The van der Waals surface area contributed by atoms with E-state index in [0.29, 0.717) is 11.8 Å². The molecule has 114 valence electrons. The smallest absolute Gasteiger partial charge is 0.241 e. The Balaban J connectivity index is 1.62. The number of hydrazine groups is 1. The fraction of sp³-hybridized carbons (Fsp3) is 0.588. The number of benzene rings is 1. The zero-order chi connectivity index (χ0) is 14.8. The standard InChI is InChI=1S/C17H25N3O/c1-12-8-13(2)11-20(10-12)17(21)16-9-15(18-19-16)14-6-4-3-5-7-14/h3-7,12-13,15-16,18-19H,8-11H2,1-2H3. The molecular weight excluding hydrogens is 262 g/mol. The van der Waals surface area contributed by atoms with Crippen molar-refractivity contribution < 1.29 is 4.79 Å². The van der Waals surface area contributed by atoms with Crippen LogP contribution < -0.4 is 10.9 Å². The number of nitrogens with one attached hydrogen (secondary N) is 2. The molecule has 2 fully saturated rings. The first-order valence-corrected chi connectivity index (χ1v) is 7.98. The van der Waals surface area contributed by atoms with E-state index in [-0.39, 0.29) is 18.0 Å². The fourth-order valence-corrected chi connectivity index (χ4v) is 3.69. The summed E-state index contributed by atoms with van der Waals surface area (Å²) in [5.74, 6) is 1.47. The van der Waals surface area contributed by atoms with Gasteiger partial charge >= 0.3 is 0 Å². The average molecular weight is 287 g/mol. The maximum absolute atomic E-state index is 12.7. The van der Waals surface area contributed by atoms with Crippen LogP contribution in [0.1, 0.15) is 38.3 Å². The van der Waals surface area contributed by atoms with E-state index in [4.69, 9.17) is 0 Å². The van der Waals surface area contributed by atoms with E-state index in [1.54, 1.807) is 0 Å². The summed E-state index contributed by atoms with van der Waals surface area (Å²) in [4.78, 5) is 14.7. The van der Waals surface area contributed by atoms with Crippen LogP contribution in [0.15, 0.2) is 30.3 Å². The number of piperidine rings is 1. The Labute approximate surface area is 126 Å². The predicted molar refractivity (Wildman–Crippen MR) is 83.4 cm³/mol. The maximum Gasteiger partial charge on any atom is 0.241 e. The Hall–Kier alpha value is -1.39. The summed E-state index contributed by atoms with van der Waals surface area (Å²) in [6.07, 6.45) is 2.05. The highest BCUT2D eigenvalue weighted by atomic mass is 16.2. The molecule has 0 radical (unpaired) electrons. The second kappa shape index (κ2) is 6.16. The van der Waals surface area contributed by atoms with Crippen molar-refractivity contribution >= 4 is 5.91 Å². The molecule has 3 rings (SSSR count). The molecule has 0 aromatic heterocycles. The van der Waals surface area contributed by atoms with Gasteiger partial charge in [0.05, 0.1) is 0 Å². The highest BCUT2D eigenvalue weighted by Gasteiger charge is 2.35. The fourth-order valence-electron chi connectivity index (χ4n) is 3.69. The third-order valence-electron chi connectivity index (χ3n) is 4.58. The van der Waals surface area contributed by atoms with Crippen LogP contribution in [0.5, 0.6) is 0 Å². The van der Waals surface area contributed by atoms with Gasteiger partial charge in [-0.15, -0.1) is 0 Å². The molecule has 1 aromatic rings. The van der Waals surface area contributed by atoms with Gasteiger partial charge in [0, 0.05) is 19.1 Å². The van der Waals surface area contributed by atoms with E-state index in [1.807, 2.05) is 23.1 Å². The summed E-state index contributed by atoms with van der Waals surface area (Å²) in [6.45, 7) is 6.28. The van der Waals surface area contributed by atoms with Gasteiger partial charge in [-0.2, -0.15) is 0 Å². The van der Waals surface area contributed by atoms with E-state index < -0.39 is 0 Å². The zero-order valence-electron chi connectivity index (χ0n) is 12.9. The molecule has 2 saturated heterocycles. The minimum atomic E-state index is -0.104. The first-order valence-electron chi connectivity index (χ1n) is 7.98. The summed E-state index contributed by atoms with van der Waals surface area (Å²) in [5, 5.41) is 0. The number of hydrogen-bond donors (Lipinski definition) is 2. The van der Waals surface area contributed by atoms with Crippen molar-refractivity contribution in [1.82, 2.24) is 15.8 Å². The number of carbonyl (C=O) groups excluding carboxylic acids is 1. The lowest BCUT2D eigenvalue weighted by molar-refractivity contribution is -0.135. The van der Waals surface area contributed by atoms with Gasteiger partial charge in [0.25, 0.3) is 0 Å². The van der Waals surface area contributed by atoms with Gasteiger partial charge in [0.15, 0.2) is 0 Å². The van der Waals surface area contributed by atoms with Crippen molar-refractivity contribution in [3.63, 3.8) is 0 Å². The molecule has 0 aliphatic carbocycles. The quantitative estimate of drug-likeness (QED) is 0.875. The lowest BCUT2D eigenvalue weighted by atomic mass is 9.91. The monoisotopic (exact) mass is 287 g/mol. The van der Waals surface area contributed by atoms with Crippen LogP contribution in [0, 0.1) is 11.8 Å². The average Bonchev–Trinajstić information content (AvgIpc) is 2.96. The van der Waals surface area contributed by atoms with Gasteiger partial charge in [-0.3, -0.25) is 4.79 Å². The Morgan fingerprint density at radius 2 is 1.71 bits per heavy atom. The molecule has 0 saturated carbocycles. The molecule has 2 heterocycles. The number of likely N-dealkylation sites (tertiary alicyclic amines) is 1. The second-order valence-electron chi connectivity index (χ2n) is 6.73. The van der Waals surface area contributed by atoms with Crippen molar-refractivity contribution in [2.75, 3.05) is 13.1 Å². The number of rotatable bonds is 2. The minimum absolute atomic E-state index is 0.104. The van der Waals surface area contributed by atoms with Crippen LogP contribution in [-0.2, 0) is 4.79 Å². The molecule has 0 spiro atoms. The molecule has 4 atom stereocenters. The van der Waals surface area contributed by atoms with Crippen molar-refractivity contribution in [3.8, 4) is 0 Å². The Morgan fingerprint density at radius 3 is 2.38 bits per heavy atom. The maximum atomic E-state index is 12.7. The van der Waals surface area contributed by atoms with Gasteiger partial charge in [-0.25, -0.2) is 10.9 Å². The summed E-state index contributed by atoms with van der Waals surface area (Å²) in [7, 11) is 0. The van der Waals surface area contributed by atoms with Crippen LogP contribution in [0.3, 0.4) is 0 Å². The molecule has 2 aliphatic heterocycles. The first-order chi connectivity index (χ1) is 10.1. The van der Waals surface area contributed by atoms with E-state index in [2.05, 4.69) is 36.8 Å². The zero-order valence-corrected chi connectivity index (χ0v) is 12.9. The van der Waals surface area contributed by atoms with Crippen LogP contribution in [0.25, 0.3) is 0 Å². The third-order valence-corrected chi connectivity index (χ3v) is 4.58. The van der Waals surface area contributed by atoms with Crippen LogP contribution in [-0.4, -0.2) is 29.9 Å². The topological polar surface area (TPSA) is 44.4 Å². The van der Waals surface area contributed by atoms with Crippen LogP contribution in [0.4, 0.5) is 0 Å². The van der Waals surface area contributed by atoms with Crippen molar-refractivity contribution in [3.05, 3.63) is 35.9 Å². The van der Waals surface area contributed by atoms with Crippen LogP contribution in [0.2, 0.25) is 0 Å². The van der Waals surface area contributed by atoms with E-state index in [1.165, 1.54) is 12.0 Å². The Morgan fingerprint density at radius 1 is 1.05 bits per heavy atom. The molecule has 2 aliphatic rings. The molecule has 1 aromatic carbocycles. The first kappa shape index (κ1) is 14.5. The summed E-state index contributed by atoms with van der Waals surface area (Å²) in [6, 6.07) is 10.4. The minimum Gasteiger partial charge on any atom is -0.341 e. The lowest BCUT2D eigenvalue weighted by Gasteiger charge is -2.36. The molecule has 21 heavy (non-hydrogen) atoms. The van der Waals surface area contributed by atoms with Crippen molar-refractivity contribution in [2.45, 2.75) is 38.8 Å². The molecule has 1 amide bonds. The largest absolute Gasteiger partial charge is 0.341 e. The number of amides is 1. The van der Waals surface area contributed by atoms with Gasteiger partial charge in [-0.05, 0) is 30.2 Å². The number of carbonyl (C=O) groups is 1. The lowest BCUT2D eigenvalue weighted by Crippen LogP contribution is -2.50. The van der Waals surface area contributed by atoms with E-state index in [9.17, 15) is 4.79 Å². The molecular formula is C17H25N3O. The highest BCUT2D eigenvalue weighted by Crippen LogP contribution is 2.26. The van der Waals surface area contributed by atoms with Gasteiger partial charge in [0.1, 0.15) is 6.04 Å². The number of hydrogen-bond acceptors (Lipinski definition) is 3. The van der Waals surface area contributed by atoms with Crippen molar-refractivity contribution in [2.24, 2.45) is 11.8 Å². The molecule has 4 heteroatoms. The summed E-state index contributed by atoms with van der Waals surface area (Å²) >= 11 is 0. The Kier molecular flexibility index (Phi) is 4.27. The van der Waals surface area contributed by atoms with Gasteiger partial charge in [-0.1, -0.05) is 44.2 Å². The van der Waals surface area contributed by atoms with Crippen molar-refractivity contribution in [1.29, 1.82) is 0 Å². The molecule has 2 N–H and O–H groups in total.